The van der Waals surface area contributed by atoms with E-state index in [1.54, 1.807) is 0 Å². The fourth-order valence-corrected chi connectivity index (χ4v) is 8.21. The normalized spacial score (nSPS) is 44.1. The Labute approximate surface area is 64.6 Å². The lowest BCUT2D eigenvalue weighted by molar-refractivity contribution is 0.401. The van der Waals surface area contributed by atoms with Gasteiger partial charge in [-0.25, -0.2) is 0 Å². The second-order valence-corrected chi connectivity index (χ2v) is 11.3. The number of rotatable bonds is 1. The molecule has 0 bridgehead atoms. The molecule has 1 unspecified atom stereocenters. The van der Waals surface area contributed by atoms with E-state index in [9.17, 15) is 4.80 Å². The lowest BCUT2D eigenvalue weighted by Gasteiger charge is -2.22. The molecule has 1 aliphatic heterocycles. The third-order valence-electron chi connectivity index (χ3n) is 2.68. The van der Waals surface area contributed by atoms with Gasteiger partial charge in [0, 0.05) is 5.54 Å². The molecule has 1 saturated heterocycles. The fraction of sp³-hybridized carbons (Fsp3) is 1.00. The van der Waals surface area contributed by atoms with E-state index in [0.29, 0.717) is 5.54 Å². The van der Waals surface area contributed by atoms with Gasteiger partial charge in [0.1, 0.15) is 0 Å². The molecule has 0 amide bonds. The first-order valence-electron chi connectivity index (χ1n) is 4.18. The highest BCUT2D eigenvalue weighted by Crippen LogP contribution is 2.40. The Morgan fingerprint density at radius 2 is 1.90 bits per heavy atom. The molecule has 4 heteroatoms. The van der Waals surface area contributed by atoms with Crippen LogP contribution in [0.4, 0.5) is 0 Å². The minimum absolute atomic E-state index is 0.366. The van der Waals surface area contributed by atoms with Crippen LogP contribution in [0.2, 0.25) is 5.54 Å². The standard InChI is InChI=1S/C6H14O2Si2/c7-10(8-9-10)6-4-2-1-3-5-6/h6-7H,1-5,9H2. The van der Waals surface area contributed by atoms with Crippen molar-refractivity contribution in [3.63, 3.8) is 0 Å². The van der Waals surface area contributed by atoms with Crippen LogP contribution in [-0.2, 0) is 4.12 Å². The molecule has 0 aromatic carbocycles. The minimum atomic E-state index is -1.87. The second-order valence-electron chi connectivity index (χ2n) is 3.47. The molecule has 58 valence electrons. The first-order chi connectivity index (χ1) is 4.81. The highest BCUT2D eigenvalue weighted by Gasteiger charge is 2.54. The Morgan fingerprint density at radius 1 is 1.30 bits per heavy atom. The zero-order valence-electron chi connectivity index (χ0n) is 6.18. The SMILES string of the molecule is O[Si]1(C2CCCCC2)O[SiH2]1. The summed E-state index contributed by atoms with van der Waals surface area (Å²) >= 11 is 0. The molecule has 1 atom stereocenters. The summed E-state index contributed by atoms with van der Waals surface area (Å²) in [5.74, 6) is 0. The van der Waals surface area contributed by atoms with Gasteiger partial charge in [-0.1, -0.05) is 19.3 Å². The highest BCUT2D eigenvalue weighted by atomic mass is 29.3. The Hall–Kier alpha value is 0.354. The number of hydrogen-bond acceptors (Lipinski definition) is 2. The molecule has 0 aromatic heterocycles. The van der Waals surface area contributed by atoms with E-state index in [-0.39, 0.29) is 9.28 Å². The summed E-state index contributed by atoms with van der Waals surface area (Å²) in [6.07, 6.45) is 6.56. The van der Waals surface area contributed by atoms with Crippen molar-refractivity contribution >= 4 is 17.4 Å². The Bertz CT molecular complexity index is 130. The molecule has 0 aromatic rings. The van der Waals surface area contributed by atoms with Gasteiger partial charge in [-0.2, -0.15) is 0 Å². The van der Waals surface area contributed by atoms with Crippen molar-refractivity contribution in [1.82, 2.24) is 0 Å². The van der Waals surface area contributed by atoms with Crippen LogP contribution >= 0.6 is 0 Å². The number of hydrogen-bond donors (Lipinski definition) is 1. The molecule has 1 heterocycles. The highest BCUT2D eigenvalue weighted by molar-refractivity contribution is 7.29. The maximum Gasteiger partial charge on any atom is 0.330 e. The van der Waals surface area contributed by atoms with Gasteiger partial charge >= 0.3 is 8.08 Å². The Morgan fingerprint density at radius 3 is 2.40 bits per heavy atom. The summed E-state index contributed by atoms with van der Waals surface area (Å²) in [5.41, 5.74) is 0.646. The van der Waals surface area contributed by atoms with Crippen molar-refractivity contribution in [2.45, 2.75) is 37.6 Å². The zero-order valence-corrected chi connectivity index (χ0v) is 8.59. The molecular weight excluding hydrogens is 160 g/mol. The maximum atomic E-state index is 9.73. The first kappa shape index (κ1) is 7.03. The van der Waals surface area contributed by atoms with Gasteiger partial charge in [0.15, 0.2) is 0 Å². The predicted molar refractivity (Wildman–Crippen MR) is 44.4 cm³/mol. The van der Waals surface area contributed by atoms with E-state index in [1.165, 1.54) is 32.1 Å². The van der Waals surface area contributed by atoms with Gasteiger partial charge in [-0.05, 0) is 12.8 Å². The van der Waals surface area contributed by atoms with Crippen LogP contribution in [-0.4, -0.2) is 22.2 Å². The summed E-state index contributed by atoms with van der Waals surface area (Å²) in [6.45, 7) is 0. The average molecular weight is 174 g/mol. The lowest BCUT2D eigenvalue weighted by Crippen LogP contribution is -2.27. The average Bonchev–Trinajstić information content (AvgIpc) is 2.72. The summed E-state index contributed by atoms with van der Waals surface area (Å²) in [7, 11) is -2.23. The van der Waals surface area contributed by atoms with Crippen LogP contribution in [0.3, 0.4) is 0 Å². The van der Waals surface area contributed by atoms with Gasteiger partial charge in [-0.3, -0.25) is 0 Å². The summed E-state index contributed by atoms with van der Waals surface area (Å²) < 4.78 is 5.27. The minimum Gasteiger partial charge on any atom is -0.439 e. The van der Waals surface area contributed by atoms with E-state index in [0.717, 1.165) is 0 Å². The van der Waals surface area contributed by atoms with E-state index in [2.05, 4.69) is 0 Å². The van der Waals surface area contributed by atoms with Gasteiger partial charge in [-0.15, -0.1) is 0 Å². The van der Waals surface area contributed by atoms with Gasteiger partial charge in [0.05, 0.1) is 0 Å². The van der Waals surface area contributed by atoms with Crippen LogP contribution in [0.15, 0.2) is 0 Å². The van der Waals surface area contributed by atoms with E-state index >= 15 is 0 Å². The summed E-state index contributed by atoms with van der Waals surface area (Å²) in [5, 5.41) is 0. The predicted octanol–water partition coefficient (Wildman–Crippen LogP) is 0.366. The third kappa shape index (κ3) is 1.21. The monoisotopic (exact) mass is 174 g/mol. The molecule has 1 aliphatic carbocycles. The smallest absolute Gasteiger partial charge is 0.330 e. The fourth-order valence-electron chi connectivity index (χ4n) is 1.86. The van der Waals surface area contributed by atoms with Crippen LogP contribution < -0.4 is 0 Å². The molecule has 0 radical (unpaired) electrons. The third-order valence-corrected chi connectivity index (χ3v) is 9.79. The van der Waals surface area contributed by atoms with Crippen LogP contribution in [0.1, 0.15) is 32.1 Å². The molecular formula is C6H14O2Si2. The second kappa shape index (κ2) is 2.44. The van der Waals surface area contributed by atoms with Crippen molar-refractivity contribution in [2.24, 2.45) is 0 Å². The van der Waals surface area contributed by atoms with Crippen molar-refractivity contribution in [3.8, 4) is 0 Å². The van der Waals surface area contributed by atoms with Crippen LogP contribution in [0.5, 0.6) is 0 Å². The summed E-state index contributed by atoms with van der Waals surface area (Å²) in [6, 6.07) is 0. The largest absolute Gasteiger partial charge is 0.439 e. The van der Waals surface area contributed by atoms with Crippen LogP contribution in [0.25, 0.3) is 0 Å². The zero-order chi connectivity index (χ0) is 7.03. The van der Waals surface area contributed by atoms with E-state index in [4.69, 9.17) is 4.12 Å². The molecule has 2 rings (SSSR count). The van der Waals surface area contributed by atoms with Crippen molar-refractivity contribution in [3.05, 3.63) is 0 Å². The summed E-state index contributed by atoms with van der Waals surface area (Å²) in [4.78, 5) is 9.73. The Balaban J connectivity index is 1.91. The molecule has 0 spiro atoms. The van der Waals surface area contributed by atoms with Crippen molar-refractivity contribution < 1.29 is 8.91 Å². The van der Waals surface area contributed by atoms with E-state index < -0.39 is 8.08 Å². The Kier molecular flexibility index (Phi) is 1.72. The molecule has 2 fully saturated rings. The molecule has 1 saturated carbocycles. The molecule has 2 aliphatic rings. The quantitative estimate of drug-likeness (QED) is 0.460. The van der Waals surface area contributed by atoms with Gasteiger partial charge in [0.25, 0.3) is 0 Å². The first-order valence-corrected chi connectivity index (χ1v) is 9.01. The molecule has 2 nitrogen and oxygen atoms in total. The van der Waals surface area contributed by atoms with Gasteiger partial charge < -0.3 is 8.91 Å². The van der Waals surface area contributed by atoms with E-state index in [1.807, 2.05) is 0 Å². The topological polar surface area (TPSA) is 32.8 Å². The molecule has 10 heavy (non-hydrogen) atoms. The van der Waals surface area contributed by atoms with Crippen molar-refractivity contribution in [2.75, 3.05) is 0 Å². The van der Waals surface area contributed by atoms with Crippen LogP contribution in [0, 0.1) is 0 Å². The molecule has 1 N–H and O–H groups in total. The maximum absolute atomic E-state index is 9.73. The van der Waals surface area contributed by atoms with Gasteiger partial charge in [0.2, 0.25) is 9.28 Å². The lowest BCUT2D eigenvalue weighted by atomic mass is 10.0. The van der Waals surface area contributed by atoms with Crippen molar-refractivity contribution in [1.29, 1.82) is 0 Å².